The van der Waals surface area contributed by atoms with Gasteiger partial charge in [0.1, 0.15) is 0 Å². The summed E-state index contributed by atoms with van der Waals surface area (Å²) in [6.45, 7) is 1.96. The van der Waals surface area contributed by atoms with Gasteiger partial charge in [-0.25, -0.2) is 0 Å². The molecule has 114 valence electrons. The number of hydrogen-bond donors (Lipinski definition) is 0. The van der Waals surface area contributed by atoms with Crippen molar-refractivity contribution in [3.8, 4) is 0 Å². The van der Waals surface area contributed by atoms with Crippen molar-refractivity contribution in [3.63, 3.8) is 0 Å². The van der Waals surface area contributed by atoms with Crippen molar-refractivity contribution in [2.75, 3.05) is 0 Å². The van der Waals surface area contributed by atoms with E-state index in [2.05, 4.69) is 5.10 Å². The molecule has 1 heterocycles. The fourth-order valence-electron chi connectivity index (χ4n) is 2.30. The lowest BCUT2D eigenvalue weighted by Gasteiger charge is -2.06. The van der Waals surface area contributed by atoms with E-state index in [9.17, 15) is 12.8 Å². The molecule has 0 unspecified atom stereocenters. The monoisotopic (exact) mass is 430 g/mol. The van der Waals surface area contributed by atoms with Crippen molar-refractivity contribution in [1.82, 2.24) is 9.19 Å². The third-order valence-electron chi connectivity index (χ3n) is 3.44. The van der Waals surface area contributed by atoms with Gasteiger partial charge >= 0.3 is 0 Å². The van der Waals surface area contributed by atoms with E-state index in [1.54, 1.807) is 24.3 Å². The van der Waals surface area contributed by atoms with Gasteiger partial charge in [-0.15, -0.1) is 5.10 Å². The van der Waals surface area contributed by atoms with Crippen LogP contribution in [0.3, 0.4) is 0 Å². The maximum absolute atomic E-state index is 14.2. The molecule has 0 aliphatic carbocycles. The van der Waals surface area contributed by atoms with Gasteiger partial charge in [-0.05, 0) is 52.8 Å². The smallest absolute Gasteiger partial charge is 0.199 e. The van der Waals surface area contributed by atoms with Crippen LogP contribution in [0, 0.1) is 9.52 Å². The van der Waals surface area contributed by atoms with Crippen LogP contribution in [0.25, 0.3) is 10.9 Å². The van der Waals surface area contributed by atoms with Crippen molar-refractivity contribution in [3.05, 3.63) is 57.5 Å². The van der Waals surface area contributed by atoms with E-state index in [1.807, 2.05) is 35.6 Å². The van der Waals surface area contributed by atoms with Gasteiger partial charge in [-0.3, -0.25) is 0 Å². The summed E-state index contributed by atoms with van der Waals surface area (Å²) in [5.41, 5.74) is 1.21. The number of halogens is 2. The molecule has 1 aromatic heterocycles. The standard InChI is InChI=1S/C15H12FIN2O2S/c1-2-10-8-9-12-13(14(10)17)15(16)18-19(12)22(20,21)11-6-4-3-5-7-11/h3-9H,2H2,1H3. The van der Waals surface area contributed by atoms with E-state index < -0.39 is 16.0 Å². The molecule has 0 radical (unpaired) electrons. The highest BCUT2D eigenvalue weighted by Gasteiger charge is 2.24. The average molecular weight is 430 g/mol. The molecule has 0 N–H and O–H groups in total. The molecular weight excluding hydrogens is 418 g/mol. The van der Waals surface area contributed by atoms with Crippen LogP contribution in [0.15, 0.2) is 47.4 Å². The Morgan fingerprint density at radius 1 is 1.18 bits per heavy atom. The second kappa shape index (κ2) is 5.62. The second-order valence-corrected chi connectivity index (χ2v) is 7.58. The zero-order valence-electron chi connectivity index (χ0n) is 11.6. The maximum atomic E-state index is 14.2. The Morgan fingerprint density at radius 3 is 2.50 bits per heavy atom. The number of aryl methyl sites for hydroxylation is 1. The van der Waals surface area contributed by atoms with Crippen LogP contribution in [0.1, 0.15) is 12.5 Å². The largest absolute Gasteiger partial charge is 0.283 e. The summed E-state index contributed by atoms with van der Waals surface area (Å²) in [5, 5.41) is 3.88. The second-order valence-electron chi connectivity index (χ2n) is 4.74. The van der Waals surface area contributed by atoms with E-state index in [1.165, 1.54) is 12.1 Å². The van der Waals surface area contributed by atoms with Gasteiger partial charge in [0.25, 0.3) is 10.0 Å². The summed E-state index contributed by atoms with van der Waals surface area (Å²) < 4.78 is 41.0. The number of benzene rings is 2. The maximum Gasteiger partial charge on any atom is 0.283 e. The Morgan fingerprint density at radius 2 is 1.86 bits per heavy atom. The average Bonchev–Trinajstić information content (AvgIpc) is 2.87. The van der Waals surface area contributed by atoms with E-state index in [-0.39, 0.29) is 15.8 Å². The fourth-order valence-corrected chi connectivity index (χ4v) is 4.65. The van der Waals surface area contributed by atoms with Crippen LogP contribution in [0.5, 0.6) is 0 Å². The van der Waals surface area contributed by atoms with E-state index in [4.69, 9.17) is 0 Å². The number of aromatic nitrogens is 2. The summed E-state index contributed by atoms with van der Waals surface area (Å²) in [7, 11) is -3.92. The Kier molecular flexibility index (Phi) is 3.94. The first-order valence-electron chi connectivity index (χ1n) is 6.63. The predicted octanol–water partition coefficient (Wildman–Crippen LogP) is 3.58. The minimum absolute atomic E-state index is 0.0778. The molecule has 0 amide bonds. The molecule has 2 aromatic carbocycles. The number of rotatable bonds is 3. The minimum Gasteiger partial charge on any atom is -0.199 e. The van der Waals surface area contributed by atoms with Gasteiger partial charge in [-0.2, -0.15) is 16.9 Å². The predicted molar refractivity (Wildman–Crippen MR) is 90.8 cm³/mol. The molecule has 0 saturated heterocycles. The SMILES string of the molecule is CCc1ccc2c(c(F)nn2S(=O)(=O)c2ccccc2)c1I. The van der Waals surface area contributed by atoms with Crippen molar-refractivity contribution < 1.29 is 12.8 Å². The van der Waals surface area contributed by atoms with Gasteiger partial charge in [0.2, 0.25) is 5.95 Å². The van der Waals surface area contributed by atoms with Crippen LogP contribution in [-0.2, 0) is 16.4 Å². The molecule has 3 rings (SSSR count). The third-order valence-corrected chi connectivity index (χ3v) is 6.27. The third kappa shape index (κ3) is 2.32. The van der Waals surface area contributed by atoms with E-state index in [0.717, 1.165) is 16.1 Å². The Bertz CT molecular complexity index is 953. The highest BCUT2D eigenvalue weighted by atomic mass is 127. The summed E-state index contributed by atoms with van der Waals surface area (Å²) in [6, 6.07) is 11.3. The van der Waals surface area contributed by atoms with Crippen molar-refractivity contribution in [2.45, 2.75) is 18.2 Å². The molecule has 0 aliphatic heterocycles. The first kappa shape index (κ1) is 15.4. The highest BCUT2D eigenvalue weighted by Crippen LogP contribution is 2.29. The Labute approximate surface area is 141 Å². The summed E-state index contributed by atoms with van der Waals surface area (Å²) in [6.07, 6.45) is 0.740. The summed E-state index contributed by atoms with van der Waals surface area (Å²) in [4.78, 5) is 0.0778. The van der Waals surface area contributed by atoms with Gasteiger partial charge in [0, 0.05) is 3.57 Å². The molecule has 0 atom stereocenters. The van der Waals surface area contributed by atoms with Gasteiger partial charge in [0.05, 0.1) is 15.8 Å². The van der Waals surface area contributed by atoms with Crippen LogP contribution in [0.2, 0.25) is 0 Å². The lowest BCUT2D eigenvalue weighted by Crippen LogP contribution is -2.14. The first-order chi connectivity index (χ1) is 10.5. The van der Waals surface area contributed by atoms with Crippen LogP contribution >= 0.6 is 22.6 Å². The van der Waals surface area contributed by atoms with E-state index in [0.29, 0.717) is 3.57 Å². The van der Waals surface area contributed by atoms with Crippen molar-refractivity contribution in [2.24, 2.45) is 0 Å². The minimum atomic E-state index is -3.92. The molecule has 0 spiro atoms. The van der Waals surface area contributed by atoms with Crippen molar-refractivity contribution in [1.29, 1.82) is 0 Å². The van der Waals surface area contributed by atoms with Crippen LogP contribution < -0.4 is 0 Å². The molecule has 0 aliphatic rings. The number of hydrogen-bond acceptors (Lipinski definition) is 3. The normalized spacial score (nSPS) is 12.0. The quantitative estimate of drug-likeness (QED) is 0.597. The zero-order valence-corrected chi connectivity index (χ0v) is 14.6. The molecule has 0 fully saturated rings. The number of nitrogens with zero attached hydrogens (tertiary/aromatic N) is 2. The fraction of sp³-hybridized carbons (Fsp3) is 0.133. The Hall–Kier alpha value is -1.48. The molecule has 0 saturated carbocycles. The molecule has 4 nitrogen and oxygen atoms in total. The lowest BCUT2D eigenvalue weighted by molar-refractivity contribution is 0.555. The van der Waals surface area contributed by atoms with Gasteiger partial charge in [-0.1, -0.05) is 31.2 Å². The van der Waals surface area contributed by atoms with Crippen molar-refractivity contribution >= 4 is 43.5 Å². The number of fused-ring (bicyclic) bond motifs is 1. The van der Waals surface area contributed by atoms with Gasteiger partial charge in [0.15, 0.2) is 0 Å². The highest BCUT2D eigenvalue weighted by molar-refractivity contribution is 14.1. The topological polar surface area (TPSA) is 52.0 Å². The molecule has 3 aromatic rings. The van der Waals surface area contributed by atoms with E-state index >= 15 is 0 Å². The summed E-state index contributed by atoms with van der Waals surface area (Å²) >= 11 is 2.03. The summed E-state index contributed by atoms with van der Waals surface area (Å²) in [5.74, 6) is -0.769. The van der Waals surface area contributed by atoms with Crippen LogP contribution in [0.4, 0.5) is 4.39 Å². The zero-order chi connectivity index (χ0) is 15.9. The molecule has 0 bridgehead atoms. The van der Waals surface area contributed by atoms with Crippen LogP contribution in [-0.4, -0.2) is 17.6 Å². The Balaban J connectivity index is 2.32. The first-order valence-corrected chi connectivity index (χ1v) is 9.15. The molecule has 22 heavy (non-hydrogen) atoms. The van der Waals surface area contributed by atoms with Gasteiger partial charge < -0.3 is 0 Å². The lowest BCUT2D eigenvalue weighted by atomic mass is 10.1. The molecular formula is C15H12FIN2O2S. The molecule has 7 heteroatoms.